The maximum absolute atomic E-state index is 12.4. The molecule has 2 amide bonds. The molecule has 0 aliphatic carbocycles. The van der Waals surface area contributed by atoms with Crippen molar-refractivity contribution in [3.63, 3.8) is 0 Å². The lowest BCUT2D eigenvalue weighted by Gasteiger charge is -2.39. The van der Waals surface area contributed by atoms with Crippen molar-refractivity contribution < 1.29 is 14.3 Å². The average Bonchev–Trinajstić information content (AvgIpc) is 2.98. The summed E-state index contributed by atoms with van der Waals surface area (Å²) in [4.78, 5) is 30.7. The van der Waals surface area contributed by atoms with E-state index in [1.54, 1.807) is 18.2 Å². The van der Waals surface area contributed by atoms with Crippen LogP contribution in [0.2, 0.25) is 0 Å². The predicted octanol–water partition coefficient (Wildman–Crippen LogP) is 3.89. The molecule has 0 bridgehead atoms. The number of amides is 2. The van der Waals surface area contributed by atoms with E-state index in [0.29, 0.717) is 6.42 Å². The molecule has 1 aliphatic heterocycles. The first-order valence-corrected chi connectivity index (χ1v) is 9.49. The fourth-order valence-corrected chi connectivity index (χ4v) is 3.64. The first-order valence-electron chi connectivity index (χ1n) is 9.49. The molecule has 0 fully saturated rings. The summed E-state index contributed by atoms with van der Waals surface area (Å²) in [6.07, 6.45) is 3.84. The van der Waals surface area contributed by atoms with Gasteiger partial charge in [-0.15, -0.1) is 0 Å². The number of hydrogen-bond donors (Lipinski definition) is 1. The van der Waals surface area contributed by atoms with E-state index in [1.165, 1.54) is 0 Å². The Kier molecular flexibility index (Phi) is 5.19. The second kappa shape index (κ2) is 7.30. The molecule has 0 saturated carbocycles. The van der Waals surface area contributed by atoms with Gasteiger partial charge < -0.3 is 19.5 Å². The van der Waals surface area contributed by atoms with Gasteiger partial charge in [-0.1, -0.05) is 0 Å². The highest BCUT2D eigenvalue weighted by Gasteiger charge is 2.34. The fourth-order valence-electron chi connectivity index (χ4n) is 3.64. The Hall–Kier alpha value is -2.83. The van der Waals surface area contributed by atoms with Gasteiger partial charge in [0.15, 0.2) is 0 Å². The van der Waals surface area contributed by atoms with E-state index in [4.69, 9.17) is 4.74 Å². The van der Waals surface area contributed by atoms with Crippen molar-refractivity contribution in [2.75, 3.05) is 4.90 Å². The van der Waals surface area contributed by atoms with Gasteiger partial charge in [0.2, 0.25) is 5.91 Å². The topological polar surface area (TPSA) is 76.5 Å². The Bertz CT molecular complexity index is 897. The van der Waals surface area contributed by atoms with Crippen molar-refractivity contribution >= 4 is 17.7 Å². The first kappa shape index (κ1) is 19.9. The van der Waals surface area contributed by atoms with E-state index in [0.717, 1.165) is 22.6 Å². The molecular formula is C21H28N4O3. The molecule has 0 saturated heterocycles. The Morgan fingerprint density at radius 1 is 1.29 bits per heavy atom. The number of fused-ring (bicyclic) bond motifs is 1. The van der Waals surface area contributed by atoms with E-state index in [-0.39, 0.29) is 18.0 Å². The highest BCUT2D eigenvalue weighted by atomic mass is 16.6. The fraction of sp³-hybridized carbons (Fsp3) is 0.476. The highest BCUT2D eigenvalue weighted by Crippen LogP contribution is 2.38. The standard InChI is InChI=1S/C21H28N4O3/c1-13-11-24(12-22-13)16-7-8-19-17(10-16)18(9-14(2)25(19)15(3)26)23-20(27)28-21(4,5)6/h7-8,10-12,14,18H,9H2,1-6H3,(H,23,27)/t14-,18+/m1/s1. The van der Waals surface area contributed by atoms with Crippen LogP contribution < -0.4 is 10.2 Å². The van der Waals surface area contributed by atoms with E-state index < -0.39 is 11.7 Å². The first-order chi connectivity index (χ1) is 13.0. The summed E-state index contributed by atoms with van der Waals surface area (Å²) in [5, 5.41) is 2.98. The second-order valence-electron chi connectivity index (χ2n) is 8.34. The van der Waals surface area contributed by atoms with Gasteiger partial charge in [0.05, 0.1) is 18.1 Å². The number of carbonyl (C=O) groups is 2. The number of ether oxygens (including phenoxy) is 1. The number of nitrogens with one attached hydrogen (secondary N) is 1. The van der Waals surface area contributed by atoms with Gasteiger partial charge in [0, 0.05) is 36.1 Å². The van der Waals surface area contributed by atoms with Crippen LogP contribution in [0.15, 0.2) is 30.7 Å². The molecule has 1 aromatic heterocycles. The molecule has 2 heterocycles. The highest BCUT2D eigenvalue weighted by molar-refractivity contribution is 5.94. The zero-order chi connectivity index (χ0) is 20.6. The summed E-state index contributed by atoms with van der Waals surface area (Å²) >= 11 is 0. The van der Waals surface area contributed by atoms with Crippen LogP contribution in [-0.4, -0.2) is 33.2 Å². The lowest BCUT2D eigenvalue weighted by Crippen LogP contribution is -2.46. The monoisotopic (exact) mass is 384 g/mol. The molecule has 7 heteroatoms. The minimum atomic E-state index is -0.575. The normalized spacial score (nSPS) is 19.1. The van der Waals surface area contributed by atoms with Crippen molar-refractivity contribution in [2.45, 2.75) is 65.6 Å². The Morgan fingerprint density at radius 3 is 2.57 bits per heavy atom. The number of benzene rings is 1. The molecule has 3 rings (SSSR count). The van der Waals surface area contributed by atoms with Gasteiger partial charge >= 0.3 is 6.09 Å². The van der Waals surface area contributed by atoms with Crippen LogP contribution >= 0.6 is 0 Å². The van der Waals surface area contributed by atoms with Crippen LogP contribution in [0.5, 0.6) is 0 Å². The third-order valence-electron chi connectivity index (χ3n) is 4.70. The number of rotatable bonds is 2. The second-order valence-corrected chi connectivity index (χ2v) is 8.34. The molecule has 1 N–H and O–H groups in total. The molecule has 7 nitrogen and oxygen atoms in total. The van der Waals surface area contributed by atoms with Crippen LogP contribution in [0, 0.1) is 6.92 Å². The van der Waals surface area contributed by atoms with Gasteiger partial charge in [-0.2, -0.15) is 0 Å². The van der Waals surface area contributed by atoms with Crippen LogP contribution in [0.3, 0.4) is 0 Å². The van der Waals surface area contributed by atoms with Gasteiger partial charge in [0.25, 0.3) is 0 Å². The number of hydrogen-bond acceptors (Lipinski definition) is 4. The Morgan fingerprint density at radius 2 is 2.00 bits per heavy atom. The zero-order valence-corrected chi connectivity index (χ0v) is 17.3. The van der Waals surface area contributed by atoms with E-state index in [2.05, 4.69) is 10.3 Å². The third-order valence-corrected chi connectivity index (χ3v) is 4.70. The number of nitrogens with zero attached hydrogens (tertiary/aromatic N) is 3. The molecule has 28 heavy (non-hydrogen) atoms. The van der Waals surface area contributed by atoms with E-state index in [1.807, 2.05) is 63.6 Å². The zero-order valence-electron chi connectivity index (χ0n) is 17.3. The van der Waals surface area contributed by atoms with Crippen LogP contribution in [0.1, 0.15) is 58.3 Å². The van der Waals surface area contributed by atoms with E-state index >= 15 is 0 Å². The molecule has 1 aromatic carbocycles. The largest absolute Gasteiger partial charge is 0.444 e. The number of aryl methyl sites for hydroxylation is 1. The Balaban J connectivity index is 2.00. The average molecular weight is 384 g/mol. The SMILES string of the molecule is CC(=O)N1c2ccc(-n3cnc(C)c3)cc2[C@@H](NC(=O)OC(C)(C)C)C[C@H]1C. The van der Waals surface area contributed by atoms with Crippen LogP contribution in [0.4, 0.5) is 10.5 Å². The number of imidazole rings is 1. The van der Waals surface area contributed by atoms with Gasteiger partial charge in [-0.05, 0) is 59.2 Å². The summed E-state index contributed by atoms with van der Waals surface area (Å²) in [5.74, 6) is -0.0179. The van der Waals surface area contributed by atoms with Crippen molar-refractivity contribution in [1.82, 2.24) is 14.9 Å². The lowest BCUT2D eigenvalue weighted by atomic mass is 9.91. The maximum Gasteiger partial charge on any atom is 0.408 e. The smallest absolute Gasteiger partial charge is 0.408 e. The summed E-state index contributed by atoms with van der Waals surface area (Å²) < 4.78 is 7.36. The summed E-state index contributed by atoms with van der Waals surface area (Å²) in [7, 11) is 0. The molecule has 150 valence electrons. The molecule has 1 aliphatic rings. The van der Waals surface area contributed by atoms with Gasteiger partial charge in [-0.25, -0.2) is 9.78 Å². The minimum absolute atomic E-state index is 0.0179. The molecule has 0 unspecified atom stereocenters. The van der Waals surface area contributed by atoms with E-state index in [9.17, 15) is 9.59 Å². The number of carbonyl (C=O) groups excluding carboxylic acids is 2. The van der Waals surface area contributed by atoms with Crippen molar-refractivity contribution in [3.8, 4) is 5.69 Å². The van der Waals surface area contributed by atoms with Crippen LogP contribution in [0.25, 0.3) is 5.69 Å². The molecule has 0 spiro atoms. The molecular weight excluding hydrogens is 356 g/mol. The molecule has 2 aromatic rings. The summed E-state index contributed by atoms with van der Waals surface area (Å²) in [5.41, 5.74) is 2.97. The van der Waals surface area contributed by atoms with Gasteiger partial charge in [0.1, 0.15) is 5.60 Å². The maximum atomic E-state index is 12.4. The Labute approximate surface area is 165 Å². The van der Waals surface area contributed by atoms with Crippen molar-refractivity contribution in [2.24, 2.45) is 0 Å². The summed E-state index contributed by atoms with van der Waals surface area (Å²) in [6, 6.07) is 5.60. The van der Waals surface area contributed by atoms with Gasteiger partial charge in [-0.3, -0.25) is 4.79 Å². The predicted molar refractivity (Wildman–Crippen MR) is 108 cm³/mol. The minimum Gasteiger partial charge on any atom is -0.444 e. The molecule has 2 atom stereocenters. The third kappa shape index (κ3) is 4.18. The quantitative estimate of drug-likeness (QED) is 0.852. The summed E-state index contributed by atoms with van der Waals surface area (Å²) in [6.45, 7) is 11.0. The van der Waals surface area contributed by atoms with Crippen LogP contribution in [-0.2, 0) is 9.53 Å². The molecule has 0 radical (unpaired) electrons. The number of alkyl carbamates (subject to hydrolysis) is 1. The number of anilines is 1. The number of aromatic nitrogens is 2. The lowest BCUT2D eigenvalue weighted by molar-refractivity contribution is -0.117. The van der Waals surface area contributed by atoms with Crippen molar-refractivity contribution in [3.05, 3.63) is 42.0 Å². The van der Waals surface area contributed by atoms with Crippen molar-refractivity contribution in [1.29, 1.82) is 0 Å².